The van der Waals surface area contributed by atoms with Crippen LogP contribution in [0.15, 0.2) is 72.8 Å². The zero-order valence-electron chi connectivity index (χ0n) is 19.3. The van der Waals surface area contributed by atoms with Crippen LogP contribution < -0.4 is 4.74 Å². The van der Waals surface area contributed by atoms with E-state index in [1.165, 1.54) is 4.90 Å². The lowest BCUT2D eigenvalue weighted by molar-refractivity contribution is -0.140. The van der Waals surface area contributed by atoms with Crippen molar-refractivity contribution >= 4 is 17.4 Å². The number of aromatic nitrogens is 2. The van der Waals surface area contributed by atoms with Crippen LogP contribution in [0.1, 0.15) is 48.1 Å². The number of pyridine rings is 2. The molecular formula is C27H27N3O4. The van der Waals surface area contributed by atoms with E-state index in [4.69, 9.17) is 4.74 Å². The monoisotopic (exact) mass is 457 g/mol. The molecule has 4 rings (SSSR count). The Labute approximate surface area is 198 Å². The Bertz CT molecular complexity index is 1210. The van der Waals surface area contributed by atoms with Gasteiger partial charge in [-0.2, -0.15) is 0 Å². The zero-order valence-corrected chi connectivity index (χ0v) is 19.3. The summed E-state index contributed by atoms with van der Waals surface area (Å²) >= 11 is 0. The zero-order chi connectivity index (χ0) is 24.1. The van der Waals surface area contributed by atoms with Gasteiger partial charge in [0.05, 0.1) is 18.2 Å². The maximum absolute atomic E-state index is 13.2. The summed E-state index contributed by atoms with van der Waals surface area (Å²) in [5.41, 5.74) is 2.83. The third-order valence-electron chi connectivity index (χ3n) is 5.84. The Kier molecular flexibility index (Phi) is 7.01. The predicted octanol–water partition coefficient (Wildman–Crippen LogP) is 4.59. The van der Waals surface area contributed by atoms with Crippen LogP contribution in [-0.4, -0.2) is 38.3 Å². The normalized spacial score (nSPS) is 17.2. The van der Waals surface area contributed by atoms with Crippen LogP contribution in [0.5, 0.6) is 5.75 Å². The Morgan fingerprint density at radius 3 is 2.56 bits per heavy atom. The van der Waals surface area contributed by atoms with Crippen molar-refractivity contribution in [3.63, 3.8) is 0 Å². The number of amides is 1. The SMILES string of the molecule is CCCCOc1ccc(C(O)=C2C(=O)C(=O)N(Cc3cccnc3)C2c2ccncc2)cc1C. The number of ether oxygens (including phenoxy) is 1. The van der Waals surface area contributed by atoms with Gasteiger partial charge in [-0.15, -0.1) is 0 Å². The molecule has 1 atom stereocenters. The van der Waals surface area contributed by atoms with E-state index in [1.807, 2.05) is 13.0 Å². The molecule has 174 valence electrons. The number of unbranched alkanes of at least 4 members (excludes halogenated alkanes) is 1. The number of Topliss-reactive ketones (excluding diaryl/α,β-unsaturated/α-hetero) is 1. The van der Waals surface area contributed by atoms with Gasteiger partial charge in [0.1, 0.15) is 11.5 Å². The molecule has 1 N–H and O–H groups in total. The van der Waals surface area contributed by atoms with Crippen LogP contribution in [0.4, 0.5) is 0 Å². The maximum Gasteiger partial charge on any atom is 0.295 e. The van der Waals surface area contributed by atoms with Crippen LogP contribution in [0.3, 0.4) is 0 Å². The number of aliphatic hydroxyl groups excluding tert-OH is 1. The first-order chi connectivity index (χ1) is 16.5. The number of carbonyl (C=O) groups is 2. The summed E-state index contributed by atoms with van der Waals surface area (Å²) in [5, 5.41) is 11.3. The molecule has 0 bridgehead atoms. The molecule has 1 aromatic carbocycles. The van der Waals surface area contributed by atoms with Crippen molar-refractivity contribution < 1.29 is 19.4 Å². The van der Waals surface area contributed by atoms with Crippen LogP contribution in [-0.2, 0) is 16.1 Å². The number of ketones is 1. The first-order valence-electron chi connectivity index (χ1n) is 11.3. The smallest absolute Gasteiger partial charge is 0.295 e. The maximum atomic E-state index is 13.2. The van der Waals surface area contributed by atoms with Gasteiger partial charge in [0.2, 0.25) is 0 Å². The minimum atomic E-state index is -0.746. The number of aryl methyl sites for hydroxylation is 1. The Hall–Kier alpha value is -4.00. The van der Waals surface area contributed by atoms with Crippen molar-refractivity contribution in [2.24, 2.45) is 0 Å². The standard InChI is InChI=1S/C27H27N3O4/c1-3-4-14-34-22-8-7-21(15-18(22)2)25(31)23-24(20-9-12-28-13-10-20)30(27(33)26(23)32)17-19-6-5-11-29-16-19/h5-13,15-16,24,31H,3-4,14,17H2,1-2H3. The van der Waals surface area contributed by atoms with E-state index in [0.29, 0.717) is 17.7 Å². The molecular weight excluding hydrogens is 430 g/mol. The molecule has 0 saturated carbocycles. The van der Waals surface area contributed by atoms with Gasteiger partial charge in [0.25, 0.3) is 11.7 Å². The van der Waals surface area contributed by atoms with Gasteiger partial charge in [-0.05, 0) is 66.4 Å². The molecule has 2 aromatic heterocycles. The summed E-state index contributed by atoms with van der Waals surface area (Å²) in [7, 11) is 0. The minimum Gasteiger partial charge on any atom is -0.507 e. The van der Waals surface area contributed by atoms with Crippen LogP contribution in [0.2, 0.25) is 0 Å². The fourth-order valence-electron chi connectivity index (χ4n) is 4.06. The lowest BCUT2D eigenvalue weighted by Crippen LogP contribution is -2.29. The number of aliphatic hydroxyl groups is 1. The lowest BCUT2D eigenvalue weighted by Gasteiger charge is -2.25. The molecule has 1 amide bonds. The van der Waals surface area contributed by atoms with E-state index in [0.717, 1.165) is 29.7 Å². The van der Waals surface area contributed by atoms with E-state index >= 15 is 0 Å². The van der Waals surface area contributed by atoms with Crippen molar-refractivity contribution in [2.45, 2.75) is 39.3 Å². The molecule has 3 aromatic rings. The van der Waals surface area contributed by atoms with E-state index in [-0.39, 0.29) is 17.9 Å². The first-order valence-corrected chi connectivity index (χ1v) is 11.3. The number of hydrogen-bond donors (Lipinski definition) is 1. The number of hydrogen-bond acceptors (Lipinski definition) is 6. The molecule has 1 fully saturated rings. The highest BCUT2D eigenvalue weighted by Gasteiger charge is 2.46. The fourth-order valence-corrected chi connectivity index (χ4v) is 4.06. The molecule has 0 spiro atoms. The Morgan fingerprint density at radius 1 is 1.09 bits per heavy atom. The van der Waals surface area contributed by atoms with Gasteiger partial charge in [-0.3, -0.25) is 19.6 Å². The van der Waals surface area contributed by atoms with E-state index in [1.54, 1.807) is 61.2 Å². The third-order valence-corrected chi connectivity index (χ3v) is 5.84. The molecule has 0 radical (unpaired) electrons. The summed E-state index contributed by atoms with van der Waals surface area (Å²) < 4.78 is 5.81. The Balaban J connectivity index is 1.76. The second kappa shape index (κ2) is 10.3. The Morgan fingerprint density at radius 2 is 1.88 bits per heavy atom. The molecule has 1 aliphatic rings. The van der Waals surface area contributed by atoms with E-state index < -0.39 is 17.7 Å². The van der Waals surface area contributed by atoms with Crippen molar-refractivity contribution in [1.29, 1.82) is 0 Å². The number of likely N-dealkylation sites (tertiary alicyclic amines) is 1. The fraction of sp³-hybridized carbons (Fsp3) is 0.259. The summed E-state index contributed by atoms with van der Waals surface area (Å²) in [5.74, 6) is -0.864. The van der Waals surface area contributed by atoms with Crippen LogP contribution in [0.25, 0.3) is 5.76 Å². The number of rotatable bonds is 8. The summed E-state index contributed by atoms with van der Waals surface area (Å²) in [4.78, 5) is 35.9. The van der Waals surface area contributed by atoms with Gasteiger partial charge in [-0.1, -0.05) is 19.4 Å². The van der Waals surface area contributed by atoms with Gasteiger partial charge >= 0.3 is 0 Å². The van der Waals surface area contributed by atoms with Gasteiger partial charge in [-0.25, -0.2) is 0 Å². The molecule has 1 unspecified atom stereocenters. The van der Waals surface area contributed by atoms with Crippen molar-refractivity contribution in [1.82, 2.24) is 14.9 Å². The van der Waals surface area contributed by atoms with Gasteiger partial charge in [0.15, 0.2) is 0 Å². The van der Waals surface area contributed by atoms with Gasteiger partial charge < -0.3 is 14.7 Å². The predicted molar refractivity (Wildman–Crippen MR) is 128 cm³/mol. The van der Waals surface area contributed by atoms with Crippen LogP contribution >= 0.6 is 0 Å². The molecule has 1 aliphatic heterocycles. The molecule has 1 saturated heterocycles. The molecule has 7 heteroatoms. The van der Waals surface area contributed by atoms with Crippen molar-refractivity contribution in [3.05, 3.63) is 95.1 Å². The van der Waals surface area contributed by atoms with Crippen molar-refractivity contribution in [2.75, 3.05) is 6.61 Å². The lowest BCUT2D eigenvalue weighted by atomic mass is 9.95. The largest absolute Gasteiger partial charge is 0.507 e. The van der Waals surface area contributed by atoms with Gasteiger partial charge in [0, 0.05) is 36.9 Å². The quantitative estimate of drug-likeness (QED) is 0.230. The van der Waals surface area contributed by atoms with Crippen molar-refractivity contribution in [3.8, 4) is 5.75 Å². The molecule has 34 heavy (non-hydrogen) atoms. The number of nitrogens with zero attached hydrogens (tertiary/aromatic N) is 3. The van der Waals surface area contributed by atoms with E-state index in [9.17, 15) is 14.7 Å². The minimum absolute atomic E-state index is 0.0548. The first kappa shape index (κ1) is 23.2. The number of carbonyl (C=O) groups excluding carboxylic acids is 2. The topological polar surface area (TPSA) is 92.6 Å². The average molecular weight is 458 g/mol. The summed E-state index contributed by atoms with van der Waals surface area (Å²) in [6, 6.07) is 11.6. The summed E-state index contributed by atoms with van der Waals surface area (Å²) in [6.07, 6.45) is 8.50. The summed E-state index contributed by atoms with van der Waals surface area (Å²) in [6.45, 7) is 4.79. The highest BCUT2D eigenvalue weighted by molar-refractivity contribution is 6.46. The second-order valence-electron chi connectivity index (χ2n) is 8.25. The molecule has 0 aliphatic carbocycles. The second-order valence-corrected chi connectivity index (χ2v) is 8.25. The molecule has 3 heterocycles. The third kappa shape index (κ3) is 4.69. The van der Waals surface area contributed by atoms with E-state index in [2.05, 4.69) is 16.9 Å². The van der Waals surface area contributed by atoms with Crippen LogP contribution in [0, 0.1) is 6.92 Å². The highest BCUT2D eigenvalue weighted by Crippen LogP contribution is 2.40. The highest BCUT2D eigenvalue weighted by atomic mass is 16.5. The average Bonchev–Trinajstić information content (AvgIpc) is 3.11. The number of benzene rings is 1. The molecule has 7 nitrogen and oxygen atoms in total.